The van der Waals surface area contributed by atoms with Gasteiger partial charge in [-0.25, -0.2) is 0 Å². The first-order chi connectivity index (χ1) is 8.79. The lowest BCUT2D eigenvalue weighted by atomic mass is 9.82. The van der Waals surface area contributed by atoms with Crippen molar-refractivity contribution in [1.82, 2.24) is 5.32 Å². The second-order valence-corrected chi connectivity index (χ2v) is 6.51. The fraction of sp³-hybridized carbons (Fsp3) is 0.938. The first-order valence-corrected chi connectivity index (χ1v) is 7.92. The van der Waals surface area contributed by atoms with Gasteiger partial charge in [0.25, 0.3) is 0 Å². The van der Waals surface area contributed by atoms with Crippen LogP contribution >= 0.6 is 0 Å². The summed E-state index contributed by atoms with van der Waals surface area (Å²) in [6, 6.07) is 3.00. The van der Waals surface area contributed by atoms with Crippen molar-refractivity contribution in [3.8, 4) is 6.07 Å². The Labute approximate surface area is 112 Å². The van der Waals surface area contributed by atoms with Crippen LogP contribution in [0.4, 0.5) is 0 Å². The molecule has 0 aromatic rings. The van der Waals surface area contributed by atoms with E-state index in [9.17, 15) is 5.26 Å². The third-order valence-corrected chi connectivity index (χ3v) is 4.99. The van der Waals surface area contributed by atoms with Gasteiger partial charge >= 0.3 is 0 Å². The van der Waals surface area contributed by atoms with E-state index in [0.29, 0.717) is 6.04 Å². The van der Waals surface area contributed by atoms with Crippen LogP contribution in [0.15, 0.2) is 0 Å². The maximum atomic E-state index is 9.27. The smallest absolute Gasteiger partial charge is 0.0672 e. The van der Waals surface area contributed by atoms with Gasteiger partial charge in [-0.2, -0.15) is 5.26 Å². The van der Waals surface area contributed by atoms with Gasteiger partial charge in [0.05, 0.1) is 12.0 Å². The highest BCUT2D eigenvalue weighted by molar-refractivity contribution is 4.93. The molecule has 0 saturated heterocycles. The molecule has 2 aliphatic carbocycles. The summed E-state index contributed by atoms with van der Waals surface area (Å²) in [6.45, 7) is 3.52. The average Bonchev–Trinajstić information content (AvgIpc) is 2.63. The van der Waals surface area contributed by atoms with Crippen molar-refractivity contribution < 1.29 is 0 Å². The van der Waals surface area contributed by atoms with E-state index in [1.807, 2.05) is 0 Å². The van der Waals surface area contributed by atoms with Crippen molar-refractivity contribution >= 4 is 0 Å². The highest BCUT2D eigenvalue weighted by atomic mass is 14.9. The van der Waals surface area contributed by atoms with Gasteiger partial charge in [-0.05, 0) is 44.1 Å². The van der Waals surface area contributed by atoms with Crippen molar-refractivity contribution in [3.63, 3.8) is 0 Å². The quantitative estimate of drug-likeness (QED) is 0.769. The molecule has 2 unspecified atom stereocenters. The maximum Gasteiger partial charge on any atom is 0.0672 e. The fourth-order valence-corrected chi connectivity index (χ4v) is 3.56. The van der Waals surface area contributed by atoms with Crippen molar-refractivity contribution in [2.45, 2.75) is 70.8 Å². The molecule has 2 atom stereocenters. The molecule has 2 aliphatic rings. The molecule has 2 nitrogen and oxygen atoms in total. The fourth-order valence-electron chi connectivity index (χ4n) is 3.56. The highest BCUT2D eigenvalue weighted by Gasteiger charge is 2.25. The summed E-state index contributed by atoms with van der Waals surface area (Å²) in [6.07, 6.45) is 11.8. The number of hydrogen-bond acceptors (Lipinski definition) is 2. The lowest BCUT2D eigenvalue weighted by Gasteiger charge is -2.29. The Morgan fingerprint density at radius 1 is 1.00 bits per heavy atom. The average molecular weight is 248 g/mol. The van der Waals surface area contributed by atoms with Crippen LogP contribution in [0.1, 0.15) is 64.7 Å². The molecule has 0 aromatic carbocycles. The molecular weight excluding hydrogens is 220 g/mol. The Morgan fingerprint density at radius 3 is 2.44 bits per heavy atom. The SMILES string of the molecule is CC1CCC(CNC2CCCCCC2C#N)CC1. The molecule has 0 aromatic heterocycles. The van der Waals surface area contributed by atoms with Gasteiger partial charge in [-0.15, -0.1) is 0 Å². The summed E-state index contributed by atoms with van der Waals surface area (Å²) in [4.78, 5) is 0. The predicted molar refractivity (Wildman–Crippen MR) is 75.1 cm³/mol. The Hall–Kier alpha value is -0.550. The Balaban J connectivity index is 1.75. The van der Waals surface area contributed by atoms with Crippen LogP contribution in [0.2, 0.25) is 0 Å². The first kappa shape index (κ1) is 13.9. The van der Waals surface area contributed by atoms with Gasteiger partial charge in [-0.3, -0.25) is 0 Å². The van der Waals surface area contributed by atoms with E-state index in [-0.39, 0.29) is 5.92 Å². The van der Waals surface area contributed by atoms with E-state index in [2.05, 4.69) is 18.3 Å². The second-order valence-electron chi connectivity index (χ2n) is 6.51. The Kier molecular flexibility index (Phi) is 5.50. The first-order valence-electron chi connectivity index (χ1n) is 7.92. The molecule has 0 bridgehead atoms. The zero-order valence-electron chi connectivity index (χ0n) is 11.8. The van der Waals surface area contributed by atoms with Gasteiger partial charge in [-0.1, -0.05) is 39.0 Å². The van der Waals surface area contributed by atoms with E-state index < -0.39 is 0 Å². The normalized spacial score (nSPS) is 37.8. The summed E-state index contributed by atoms with van der Waals surface area (Å²) in [7, 11) is 0. The lowest BCUT2D eigenvalue weighted by Crippen LogP contribution is -2.38. The minimum Gasteiger partial charge on any atom is -0.312 e. The highest BCUT2D eigenvalue weighted by Crippen LogP contribution is 2.29. The molecule has 2 fully saturated rings. The van der Waals surface area contributed by atoms with Crippen LogP contribution in [0.25, 0.3) is 0 Å². The van der Waals surface area contributed by atoms with E-state index in [4.69, 9.17) is 0 Å². The summed E-state index contributed by atoms with van der Waals surface area (Å²) < 4.78 is 0. The van der Waals surface area contributed by atoms with Crippen molar-refractivity contribution in [1.29, 1.82) is 5.26 Å². The molecule has 0 spiro atoms. The third kappa shape index (κ3) is 3.99. The Bertz CT molecular complexity index is 273. The van der Waals surface area contributed by atoms with Crippen LogP contribution < -0.4 is 5.32 Å². The molecule has 2 rings (SSSR count). The van der Waals surface area contributed by atoms with Crippen LogP contribution in [0.5, 0.6) is 0 Å². The minimum atomic E-state index is 0.259. The van der Waals surface area contributed by atoms with E-state index in [0.717, 1.165) is 24.8 Å². The number of rotatable bonds is 3. The summed E-state index contributed by atoms with van der Waals surface area (Å²) >= 11 is 0. The van der Waals surface area contributed by atoms with Gasteiger partial charge in [0.15, 0.2) is 0 Å². The number of nitrogens with one attached hydrogen (secondary N) is 1. The zero-order valence-corrected chi connectivity index (χ0v) is 11.8. The molecule has 102 valence electrons. The van der Waals surface area contributed by atoms with Crippen LogP contribution in [0, 0.1) is 29.1 Å². The molecule has 0 aliphatic heterocycles. The zero-order chi connectivity index (χ0) is 12.8. The molecule has 0 heterocycles. The van der Waals surface area contributed by atoms with Gasteiger partial charge < -0.3 is 5.32 Å². The van der Waals surface area contributed by atoms with Crippen molar-refractivity contribution in [2.24, 2.45) is 17.8 Å². The van der Waals surface area contributed by atoms with Gasteiger partial charge in [0.2, 0.25) is 0 Å². The maximum absolute atomic E-state index is 9.27. The van der Waals surface area contributed by atoms with E-state index in [1.165, 1.54) is 51.4 Å². The van der Waals surface area contributed by atoms with Crippen LogP contribution in [-0.4, -0.2) is 12.6 Å². The van der Waals surface area contributed by atoms with E-state index >= 15 is 0 Å². The van der Waals surface area contributed by atoms with Gasteiger partial charge in [0.1, 0.15) is 0 Å². The summed E-state index contributed by atoms with van der Waals surface area (Å²) in [5.41, 5.74) is 0. The summed E-state index contributed by atoms with van der Waals surface area (Å²) in [5.74, 6) is 2.06. The Morgan fingerprint density at radius 2 is 1.72 bits per heavy atom. The number of nitriles is 1. The van der Waals surface area contributed by atoms with E-state index in [1.54, 1.807) is 0 Å². The standard InChI is InChI=1S/C16H28N2/c1-13-7-9-14(10-8-13)12-18-16-6-4-2-3-5-15(16)11-17/h13-16,18H,2-10,12H2,1H3. The molecule has 1 N–H and O–H groups in total. The third-order valence-electron chi connectivity index (χ3n) is 4.99. The van der Waals surface area contributed by atoms with Crippen molar-refractivity contribution in [2.75, 3.05) is 6.54 Å². The molecule has 18 heavy (non-hydrogen) atoms. The molecule has 0 amide bonds. The van der Waals surface area contributed by atoms with Gasteiger partial charge in [0, 0.05) is 6.04 Å². The largest absolute Gasteiger partial charge is 0.312 e. The predicted octanol–water partition coefficient (Wildman–Crippen LogP) is 3.87. The topological polar surface area (TPSA) is 35.8 Å². The monoisotopic (exact) mass is 248 g/mol. The molecular formula is C16H28N2. The van der Waals surface area contributed by atoms with Crippen molar-refractivity contribution in [3.05, 3.63) is 0 Å². The minimum absolute atomic E-state index is 0.259. The molecule has 0 radical (unpaired) electrons. The van der Waals surface area contributed by atoms with Crippen LogP contribution in [-0.2, 0) is 0 Å². The molecule has 2 heteroatoms. The number of nitrogens with zero attached hydrogens (tertiary/aromatic N) is 1. The second kappa shape index (κ2) is 7.14. The lowest BCUT2D eigenvalue weighted by molar-refractivity contribution is 0.263. The number of hydrogen-bond donors (Lipinski definition) is 1. The summed E-state index contributed by atoms with van der Waals surface area (Å²) in [5, 5.41) is 13.0. The van der Waals surface area contributed by atoms with Crippen LogP contribution in [0.3, 0.4) is 0 Å². The molecule has 2 saturated carbocycles.